The number of hydrogen-bond donors (Lipinski definition) is 0. The number of amides is 1. The van der Waals surface area contributed by atoms with E-state index in [1.54, 1.807) is 17.0 Å². The van der Waals surface area contributed by atoms with Crippen LogP contribution in [0.4, 0.5) is 0 Å². The van der Waals surface area contributed by atoms with Gasteiger partial charge in [-0.25, -0.2) is 0 Å². The smallest absolute Gasteiger partial charge is 0.246 e. The molecule has 1 aromatic heterocycles. The van der Waals surface area contributed by atoms with Crippen LogP contribution in [0.5, 0.6) is 0 Å². The van der Waals surface area contributed by atoms with E-state index in [0.29, 0.717) is 25.5 Å². The summed E-state index contributed by atoms with van der Waals surface area (Å²) < 4.78 is 10.4. The Morgan fingerprint density at radius 2 is 2.39 bits per heavy atom. The molecule has 5 heteroatoms. The molecule has 1 amide bonds. The zero-order valence-corrected chi connectivity index (χ0v) is 10.0. The molecule has 1 fully saturated rings. The topological polar surface area (TPSA) is 59.8 Å². The van der Waals surface area contributed by atoms with Gasteiger partial charge < -0.3 is 14.1 Å². The van der Waals surface area contributed by atoms with Crippen molar-refractivity contribution in [2.75, 3.05) is 19.8 Å². The van der Waals surface area contributed by atoms with Crippen LogP contribution in [0.3, 0.4) is 0 Å². The Hall–Kier alpha value is -1.88. The lowest BCUT2D eigenvalue weighted by atomic mass is 10.1. The van der Waals surface area contributed by atoms with Crippen LogP contribution in [-0.4, -0.2) is 42.4 Å². The molecule has 0 N–H and O–H groups in total. The van der Waals surface area contributed by atoms with Crippen molar-refractivity contribution in [1.29, 1.82) is 0 Å². The molecular formula is C13H15NO4. The number of morpholine rings is 1. The zero-order valence-electron chi connectivity index (χ0n) is 10.0. The molecule has 1 aliphatic heterocycles. The third-order valence-electron chi connectivity index (χ3n) is 2.90. The van der Waals surface area contributed by atoms with E-state index >= 15 is 0 Å². The maximum atomic E-state index is 11.9. The minimum absolute atomic E-state index is 0.127. The molecule has 0 aromatic carbocycles. The molecule has 5 nitrogen and oxygen atoms in total. The van der Waals surface area contributed by atoms with Crippen molar-refractivity contribution < 1.29 is 18.7 Å². The number of carbonyl (C=O) groups is 2. The Morgan fingerprint density at radius 3 is 3.06 bits per heavy atom. The van der Waals surface area contributed by atoms with Gasteiger partial charge in [0, 0.05) is 13.0 Å². The van der Waals surface area contributed by atoms with E-state index in [9.17, 15) is 9.59 Å². The summed E-state index contributed by atoms with van der Waals surface area (Å²) in [7, 11) is 0. The van der Waals surface area contributed by atoms with Gasteiger partial charge in [-0.15, -0.1) is 0 Å². The van der Waals surface area contributed by atoms with Gasteiger partial charge in [0.25, 0.3) is 0 Å². The van der Waals surface area contributed by atoms with Gasteiger partial charge in [0.1, 0.15) is 0 Å². The van der Waals surface area contributed by atoms with Crippen molar-refractivity contribution in [2.24, 2.45) is 0 Å². The number of ketones is 1. The van der Waals surface area contributed by atoms with E-state index in [4.69, 9.17) is 9.15 Å². The predicted octanol–water partition coefficient (Wildman–Crippen LogP) is 1.27. The average molecular weight is 249 g/mol. The minimum Gasteiger partial charge on any atom is -0.461 e. The van der Waals surface area contributed by atoms with Crippen LogP contribution in [0.2, 0.25) is 0 Å². The van der Waals surface area contributed by atoms with Gasteiger partial charge in [-0.2, -0.15) is 0 Å². The van der Waals surface area contributed by atoms with Crippen molar-refractivity contribution in [2.45, 2.75) is 12.5 Å². The van der Waals surface area contributed by atoms with Crippen LogP contribution in [-0.2, 0) is 9.53 Å². The zero-order chi connectivity index (χ0) is 13.0. The van der Waals surface area contributed by atoms with E-state index in [0.717, 1.165) is 0 Å². The minimum atomic E-state index is -0.248. The third kappa shape index (κ3) is 2.68. The van der Waals surface area contributed by atoms with Gasteiger partial charge in [-0.3, -0.25) is 9.59 Å². The van der Waals surface area contributed by atoms with Gasteiger partial charge >= 0.3 is 0 Å². The largest absolute Gasteiger partial charge is 0.461 e. The number of nitrogens with zero attached hydrogens (tertiary/aromatic N) is 1. The molecule has 1 aliphatic rings. The van der Waals surface area contributed by atoms with E-state index in [2.05, 4.69) is 6.58 Å². The molecular weight excluding hydrogens is 234 g/mol. The summed E-state index contributed by atoms with van der Waals surface area (Å²) in [5.74, 6) is 0.0134. The first kappa shape index (κ1) is 12.6. The number of carbonyl (C=O) groups excluding carboxylic acids is 2. The summed E-state index contributed by atoms with van der Waals surface area (Å²) in [6.45, 7) is 4.81. The Bertz CT molecular complexity index is 438. The van der Waals surface area contributed by atoms with Crippen LogP contribution in [0, 0.1) is 0 Å². The van der Waals surface area contributed by atoms with E-state index in [1.165, 1.54) is 12.3 Å². The van der Waals surface area contributed by atoms with Gasteiger partial charge in [0.15, 0.2) is 11.5 Å². The summed E-state index contributed by atoms with van der Waals surface area (Å²) in [5.41, 5.74) is 0. The second kappa shape index (κ2) is 5.64. The fraction of sp³-hybridized carbons (Fsp3) is 0.385. The van der Waals surface area contributed by atoms with Crippen molar-refractivity contribution in [3.8, 4) is 0 Å². The average Bonchev–Trinajstić information content (AvgIpc) is 2.92. The van der Waals surface area contributed by atoms with Crippen LogP contribution in [0.15, 0.2) is 35.5 Å². The summed E-state index contributed by atoms with van der Waals surface area (Å²) in [5, 5.41) is 0. The van der Waals surface area contributed by atoms with E-state index < -0.39 is 0 Å². The molecule has 18 heavy (non-hydrogen) atoms. The normalized spacial score (nSPS) is 19.6. The molecule has 1 unspecified atom stereocenters. The van der Waals surface area contributed by atoms with Gasteiger partial charge in [0.2, 0.25) is 5.91 Å². The first-order valence-corrected chi connectivity index (χ1v) is 5.80. The van der Waals surface area contributed by atoms with Crippen LogP contribution in [0.1, 0.15) is 17.0 Å². The maximum Gasteiger partial charge on any atom is 0.246 e. The standard InChI is InChI=1S/C13H15NO4/c1-2-13(16)14-5-7-17-9-10(14)8-11(15)12-4-3-6-18-12/h2-4,6,10H,1,5,7-9H2. The summed E-state index contributed by atoms with van der Waals surface area (Å²) >= 11 is 0. The highest BCUT2D eigenvalue weighted by Gasteiger charge is 2.28. The maximum absolute atomic E-state index is 11.9. The molecule has 1 atom stereocenters. The SMILES string of the molecule is C=CC(=O)N1CCOCC1CC(=O)c1ccco1. The van der Waals surface area contributed by atoms with Crippen LogP contribution >= 0.6 is 0 Å². The molecule has 0 spiro atoms. The highest BCUT2D eigenvalue weighted by molar-refractivity contribution is 5.94. The molecule has 1 saturated heterocycles. The molecule has 0 saturated carbocycles. The van der Waals surface area contributed by atoms with Gasteiger partial charge in [-0.1, -0.05) is 6.58 Å². The number of rotatable bonds is 4. The highest BCUT2D eigenvalue weighted by Crippen LogP contribution is 2.15. The second-order valence-electron chi connectivity index (χ2n) is 4.07. The van der Waals surface area contributed by atoms with Crippen molar-refractivity contribution >= 4 is 11.7 Å². The molecule has 0 bridgehead atoms. The summed E-state index contributed by atoms with van der Waals surface area (Å²) in [6.07, 6.45) is 2.92. The van der Waals surface area contributed by atoms with E-state index in [-0.39, 0.29) is 24.2 Å². The third-order valence-corrected chi connectivity index (χ3v) is 2.90. The molecule has 96 valence electrons. The Labute approximate surface area is 105 Å². The predicted molar refractivity (Wildman–Crippen MR) is 64.2 cm³/mol. The van der Waals surface area contributed by atoms with E-state index in [1.807, 2.05) is 0 Å². The summed E-state index contributed by atoms with van der Waals surface area (Å²) in [4.78, 5) is 25.2. The number of hydrogen-bond acceptors (Lipinski definition) is 4. The van der Waals surface area contributed by atoms with Crippen molar-refractivity contribution in [1.82, 2.24) is 4.90 Å². The lowest BCUT2D eigenvalue weighted by Crippen LogP contribution is -2.48. The van der Waals surface area contributed by atoms with Gasteiger partial charge in [-0.05, 0) is 18.2 Å². The molecule has 2 rings (SSSR count). The fourth-order valence-electron chi connectivity index (χ4n) is 1.98. The number of Topliss-reactive ketones (excluding diaryl/α,β-unsaturated/α-hetero) is 1. The lowest BCUT2D eigenvalue weighted by molar-refractivity contribution is -0.134. The van der Waals surface area contributed by atoms with Crippen LogP contribution < -0.4 is 0 Å². The highest BCUT2D eigenvalue weighted by atomic mass is 16.5. The molecule has 0 radical (unpaired) electrons. The molecule has 1 aromatic rings. The van der Waals surface area contributed by atoms with Crippen molar-refractivity contribution in [3.63, 3.8) is 0 Å². The fourth-order valence-corrected chi connectivity index (χ4v) is 1.98. The molecule has 0 aliphatic carbocycles. The first-order valence-electron chi connectivity index (χ1n) is 5.80. The Kier molecular flexibility index (Phi) is 3.94. The number of furan rings is 1. The Balaban J connectivity index is 2.03. The number of ether oxygens (including phenoxy) is 1. The quantitative estimate of drug-likeness (QED) is 0.595. The van der Waals surface area contributed by atoms with Crippen molar-refractivity contribution in [3.05, 3.63) is 36.8 Å². The second-order valence-corrected chi connectivity index (χ2v) is 4.07. The van der Waals surface area contributed by atoms with Gasteiger partial charge in [0.05, 0.1) is 25.5 Å². The monoisotopic (exact) mass is 249 g/mol. The first-order chi connectivity index (χ1) is 8.72. The Morgan fingerprint density at radius 1 is 1.56 bits per heavy atom. The van der Waals surface area contributed by atoms with Crippen LogP contribution in [0.25, 0.3) is 0 Å². The summed E-state index contributed by atoms with van der Waals surface area (Å²) in [6, 6.07) is 3.03. The lowest BCUT2D eigenvalue weighted by Gasteiger charge is -2.34. The molecule has 2 heterocycles.